The number of hydrogen-bond donors (Lipinski definition) is 3. The lowest BCUT2D eigenvalue weighted by Crippen LogP contribution is -2.55. The third kappa shape index (κ3) is 3.00. The maximum atomic E-state index is 12.2. The first kappa shape index (κ1) is 15.1. The molecule has 1 fully saturated rings. The molecule has 1 aliphatic heterocycles. The van der Waals surface area contributed by atoms with Crippen molar-refractivity contribution in [3.63, 3.8) is 0 Å². The summed E-state index contributed by atoms with van der Waals surface area (Å²) in [5, 5.41) is 7.49. The molecular formula is C17H23N3O2. The Hall–Kier alpha value is -1.85. The monoisotopic (exact) mass is 301 g/mol. The third-order valence-electron chi connectivity index (χ3n) is 4.29. The van der Waals surface area contributed by atoms with Gasteiger partial charge in [-0.1, -0.05) is 12.1 Å². The molecule has 0 aliphatic carbocycles. The minimum absolute atomic E-state index is 0.0174. The highest BCUT2D eigenvalue weighted by Crippen LogP contribution is 2.22. The van der Waals surface area contributed by atoms with Gasteiger partial charge in [0.05, 0.1) is 12.7 Å². The number of aryl methyl sites for hydroxylation is 1. The predicted molar refractivity (Wildman–Crippen MR) is 87.0 cm³/mol. The van der Waals surface area contributed by atoms with E-state index in [2.05, 4.69) is 40.7 Å². The summed E-state index contributed by atoms with van der Waals surface area (Å²) in [5.41, 5.74) is 3.66. The fourth-order valence-corrected chi connectivity index (χ4v) is 3.11. The molecule has 1 aromatic carbocycles. The molecule has 0 saturated carbocycles. The Balaban J connectivity index is 1.59. The Labute approximate surface area is 130 Å². The van der Waals surface area contributed by atoms with E-state index in [1.54, 1.807) is 0 Å². The van der Waals surface area contributed by atoms with Gasteiger partial charge in [0.25, 0.3) is 0 Å². The number of morpholine rings is 1. The van der Waals surface area contributed by atoms with Crippen molar-refractivity contribution in [1.29, 1.82) is 0 Å². The SMILES string of the molecule is Cc1cccc2[nH]cc(CCNC(=O)[C@H]3NCCO[C@@H]3C)c12. The number of aromatic amines is 1. The molecule has 1 aromatic heterocycles. The van der Waals surface area contributed by atoms with E-state index >= 15 is 0 Å². The van der Waals surface area contributed by atoms with E-state index in [1.165, 1.54) is 16.5 Å². The number of H-pyrrole nitrogens is 1. The van der Waals surface area contributed by atoms with E-state index in [1.807, 2.05) is 13.1 Å². The zero-order valence-electron chi connectivity index (χ0n) is 13.1. The second kappa shape index (κ2) is 6.50. The smallest absolute Gasteiger partial charge is 0.239 e. The van der Waals surface area contributed by atoms with Crippen molar-refractivity contribution < 1.29 is 9.53 Å². The molecule has 0 unspecified atom stereocenters. The summed E-state index contributed by atoms with van der Waals surface area (Å²) < 4.78 is 5.51. The highest BCUT2D eigenvalue weighted by atomic mass is 16.5. The summed E-state index contributed by atoms with van der Waals surface area (Å²) in [6.07, 6.45) is 2.77. The molecule has 1 saturated heterocycles. The molecule has 5 nitrogen and oxygen atoms in total. The van der Waals surface area contributed by atoms with Gasteiger partial charge in [0.2, 0.25) is 5.91 Å². The van der Waals surface area contributed by atoms with E-state index in [0.717, 1.165) is 18.5 Å². The standard InChI is InChI=1S/C17H23N3O2/c1-11-4-3-5-14-15(11)13(10-20-14)6-7-19-17(21)16-12(2)22-9-8-18-16/h3-5,10,12,16,18,20H,6-9H2,1-2H3,(H,19,21)/t12-,16+/m1/s1. The second-order valence-electron chi connectivity index (χ2n) is 5.86. The number of nitrogens with one attached hydrogen (secondary N) is 3. The summed E-state index contributed by atoms with van der Waals surface area (Å²) in [6.45, 7) is 6.07. The van der Waals surface area contributed by atoms with Crippen molar-refractivity contribution in [3.8, 4) is 0 Å². The second-order valence-corrected chi connectivity index (χ2v) is 5.86. The molecule has 0 radical (unpaired) electrons. The van der Waals surface area contributed by atoms with Crippen molar-refractivity contribution in [1.82, 2.24) is 15.6 Å². The van der Waals surface area contributed by atoms with Crippen LogP contribution in [0, 0.1) is 6.92 Å². The summed E-state index contributed by atoms with van der Waals surface area (Å²) >= 11 is 0. The highest BCUT2D eigenvalue weighted by Gasteiger charge is 2.27. The van der Waals surface area contributed by atoms with Crippen LogP contribution < -0.4 is 10.6 Å². The van der Waals surface area contributed by atoms with E-state index in [4.69, 9.17) is 4.74 Å². The largest absolute Gasteiger partial charge is 0.375 e. The Morgan fingerprint density at radius 1 is 1.45 bits per heavy atom. The Bertz CT molecular complexity index is 665. The molecule has 22 heavy (non-hydrogen) atoms. The number of ether oxygens (including phenoxy) is 1. The average molecular weight is 301 g/mol. The maximum absolute atomic E-state index is 12.2. The van der Waals surface area contributed by atoms with Crippen LogP contribution in [0.3, 0.4) is 0 Å². The van der Waals surface area contributed by atoms with Crippen LogP contribution in [0.15, 0.2) is 24.4 Å². The number of hydrogen-bond acceptors (Lipinski definition) is 3. The van der Waals surface area contributed by atoms with Gasteiger partial charge in [-0.2, -0.15) is 0 Å². The topological polar surface area (TPSA) is 66.2 Å². The molecule has 3 rings (SSSR count). The minimum atomic E-state index is -0.251. The van der Waals surface area contributed by atoms with E-state index < -0.39 is 0 Å². The minimum Gasteiger partial charge on any atom is -0.375 e. The van der Waals surface area contributed by atoms with Gasteiger partial charge in [0.15, 0.2) is 0 Å². The summed E-state index contributed by atoms with van der Waals surface area (Å²) in [7, 11) is 0. The number of aromatic nitrogens is 1. The van der Waals surface area contributed by atoms with Crippen LogP contribution in [0.2, 0.25) is 0 Å². The van der Waals surface area contributed by atoms with Crippen LogP contribution in [-0.4, -0.2) is 42.7 Å². The third-order valence-corrected chi connectivity index (χ3v) is 4.29. The van der Waals surface area contributed by atoms with Gasteiger partial charge < -0.3 is 20.4 Å². The predicted octanol–water partition coefficient (Wildman–Crippen LogP) is 1.51. The quantitative estimate of drug-likeness (QED) is 0.802. The molecule has 2 aromatic rings. The Morgan fingerprint density at radius 2 is 2.32 bits per heavy atom. The molecule has 118 valence electrons. The maximum Gasteiger partial charge on any atom is 0.239 e. The van der Waals surface area contributed by atoms with Gasteiger partial charge in [0.1, 0.15) is 6.04 Å². The molecule has 1 amide bonds. The molecule has 3 N–H and O–H groups in total. The van der Waals surface area contributed by atoms with Crippen molar-refractivity contribution in [2.45, 2.75) is 32.4 Å². The van der Waals surface area contributed by atoms with E-state index in [-0.39, 0.29) is 18.1 Å². The lowest BCUT2D eigenvalue weighted by atomic mass is 10.1. The van der Waals surface area contributed by atoms with Crippen LogP contribution in [0.4, 0.5) is 0 Å². The first-order chi connectivity index (χ1) is 10.7. The highest BCUT2D eigenvalue weighted by molar-refractivity contribution is 5.86. The number of carbonyl (C=O) groups is 1. The number of amides is 1. The Morgan fingerprint density at radius 3 is 3.14 bits per heavy atom. The van der Waals surface area contributed by atoms with Crippen LogP contribution in [0.1, 0.15) is 18.1 Å². The van der Waals surface area contributed by atoms with Crippen molar-refractivity contribution in [2.24, 2.45) is 0 Å². The van der Waals surface area contributed by atoms with Crippen molar-refractivity contribution >= 4 is 16.8 Å². The van der Waals surface area contributed by atoms with Crippen molar-refractivity contribution in [3.05, 3.63) is 35.5 Å². The molecule has 0 spiro atoms. The normalized spacial score (nSPS) is 21.9. The fourth-order valence-electron chi connectivity index (χ4n) is 3.11. The summed E-state index contributed by atoms with van der Waals surface area (Å²) in [4.78, 5) is 15.5. The number of fused-ring (bicyclic) bond motifs is 1. The van der Waals surface area contributed by atoms with Gasteiger partial charge in [-0.25, -0.2) is 0 Å². The van der Waals surface area contributed by atoms with Gasteiger partial charge in [-0.05, 0) is 37.5 Å². The van der Waals surface area contributed by atoms with Crippen molar-refractivity contribution in [2.75, 3.05) is 19.7 Å². The Kier molecular flexibility index (Phi) is 4.45. The van der Waals surface area contributed by atoms with Crippen LogP contribution in [-0.2, 0) is 16.0 Å². The van der Waals surface area contributed by atoms with Gasteiger partial charge in [-0.3, -0.25) is 4.79 Å². The first-order valence-corrected chi connectivity index (χ1v) is 7.85. The lowest BCUT2D eigenvalue weighted by Gasteiger charge is -2.29. The lowest BCUT2D eigenvalue weighted by molar-refractivity contribution is -0.128. The molecular weight excluding hydrogens is 278 g/mol. The molecule has 2 heterocycles. The number of benzene rings is 1. The zero-order chi connectivity index (χ0) is 15.5. The number of carbonyl (C=O) groups excluding carboxylic acids is 1. The van der Waals surface area contributed by atoms with Gasteiger partial charge in [-0.15, -0.1) is 0 Å². The zero-order valence-corrected chi connectivity index (χ0v) is 13.1. The van der Waals surface area contributed by atoms with Crippen LogP contribution in [0.5, 0.6) is 0 Å². The first-order valence-electron chi connectivity index (χ1n) is 7.85. The van der Waals surface area contributed by atoms with Crippen LogP contribution >= 0.6 is 0 Å². The fraction of sp³-hybridized carbons (Fsp3) is 0.471. The van der Waals surface area contributed by atoms with E-state index in [9.17, 15) is 4.79 Å². The van der Waals surface area contributed by atoms with E-state index in [0.29, 0.717) is 13.2 Å². The molecule has 1 aliphatic rings. The summed E-state index contributed by atoms with van der Waals surface area (Å²) in [6, 6.07) is 5.99. The van der Waals surface area contributed by atoms with Gasteiger partial charge >= 0.3 is 0 Å². The summed E-state index contributed by atoms with van der Waals surface area (Å²) in [5.74, 6) is 0.0174. The van der Waals surface area contributed by atoms with Crippen LogP contribution in [0.25, 0.3) is 10.9 Å². The molecule has 2 atom stereocenters. The molecule has 5 heteroatoms. The number of rotatable bonds is 4. The average Bonchev–Trinajstić information content (AvgIpc) is 2.92. The molecule has 0 bridgehead atoms. The van der Waals surface area contributed by atoms with Gasteiger partial charge in [0, 0.05) is 30.2 Å².